The van der Waals surface area contributed by atoms with Crippen LogP contribution in [-0.4, -0.2) is 30.2 Å². The summed E-state index contributed by atoms with van der Waals surface area (Å²) < 4.78 is 101. The van der Waals surface area contributed by atoms with Crippen LogP contribution in [0, 0.1) is 0 Å². The Kier molecular flexibility index (Phi) is 8.42. The van der Waals surface area contributed by atoms with Gasteiger partial charge in [-0.15, -0.1) is 13.2 Å². The molecule has 0 aromatic carbocycles. The Labute approximate surface area is 149 Å². The molecule has 0 heterocycles. The van der Waals surface area contributed by atoms with Crippen LogP contribution < -0.4 is 0 Å². The Morgan fingerprint density at radius 3 is 1.58 bits per heavy atom. The molecule has 0 spiro atoms. The highest BCUT2D eigenvalue weighted by Gasteiger charge is 2.51. The molecule has 0 bridgehead atoms. The average Bonchev–Trinajstić information content (AvgIpc) is 2.53. The van der Waals surface area contributed by atoms with Gasteiger partial charge in [0, 0.05) is 12.8 Å². The van der Waals surface area contributed by atoms with E-state index in [1.807, 2.05) is 0 Å². The summed E-state index contributed by atoms with van der Waals surface area (Å²) in [6.45, 7) is 6.36. The first-order chi connectivity index (χ1) is 11.9. The highest BCUT2D eigenvalue weighted by atomic mass is 31.2. The second-order valence-corrected chi connectivity index (χ2v) is 8.38. The fraction of sp³-hybridized carbons (Fsp3) is 0.750. The topological polar surface area (TPSA) is 35.5 Å². The molecule has 0 aliphatic heterocycles. The molecule has 0 aromatic heterocycles. The van der Waals surface area contributed by atoms with Gasteiger partial charge in [-0.1, -0.05) is 31.4 Å². The molecule has 1 rings (SSSR count). The van der Waals surface area contributed by atoms with Gasteiger partial charge in [-0.05, 0) is 12.8 Å². The van der Waals surface area contributed by atoms with Crippen LogP contribution in [0.25, 0.3) is 0 Å². The molecule has 1 aliphatic rings. The van der Waals surface area contributed by atoms with Crippen molar-refractivity contribution >= 4 is 7.60 Å². The van der Waals surface area contributed by atoms with E-state index < -0.39 is 50.7 Å². The van der Waals surface area contributed by atoms with Crippen LogP contribution in [0.4, 0.5) is 26.3 Å². The number of halogens is 6. The van der Waals surface area contributed by atoms with Gasteiger partial charge in [0.15, 0.2) is 12.2 Å². The van der Waals surface area contributed by atoms with Crippen LogP contribution in [0.5, 0.6) is 0 Å². The van der Waals surface area contributed by atoms with Gasteiger partial charge in [0.2, 0.25) is 0 Å². The molecule has 1 saturated carbocycles. The smallest absolute Gasteiger partial charge is 0.295 e. The maximum atomic E-state index is 13.1. The molecule has 10 heteroatoms. The lowest BCUT2D eigenvalue weighted by Gasteiger charge is -2.35. The highest BCUT2D eigenvalue weighted by molar-refractivity contribution is 7.54. The largest absolute Gasteiger partial charge is 0.415 e. The summed E-state index contributed by atoms with van der Waals surface area (Å²) in [4.78, 5) is 0. The van der Waals surface area contributed by atoms with Gasteiger partial charge in [0.25, 0.3) is 0 Å². The zero-order valence-corrected chi connectivity index (χ0v) is 15.1. The van der Waals surface area contributed by atoms with E-state index in [4.69, 9.17) is 9.05 Å². The molecule has 3 nitrogen and oxygen atoms in total. The number of hydrogen-bond donors (Lipinski definition) is 0. The van der Waals surface area contributed by atoms with Crippen molar-refractivity contribution in [2.24, 2.45) is 0 Å². The van der Waals surface area contributed by atoms with Crippen LogP contribution in [0.15, 0.2) is 25.3 Å². The Morgan fingerprint density at radius 1 is 0.885 bits per heavy atom. The second-order valence-electron chi connectivity index (χ2n) is 6.15. The summed E-state index contributed by atoms with van der Waals surface area (Å²) in [6, 6.07) is 0. The highest BCUT2D eigenvalue weighted by Crippen LogP contribution is 2.61. The minimum Gasteiger partial charge on any atom is -0.295 e. The molecule has 1 aliphatic carbocycles. The molecular formula is C16H23F6O3P. The first kappa shape index (κ1) is 23.2. The Balaban J connectivity index is 3.17. The molecule has 0 saturated heterocycles. The first-order valence-electron chi connectivity index (χ1n) is 8.25. The van der Waals surface area contributed by atoms with E-state index in [2.05, 4.69) is 13.2 Å². The van der Waals surface area contributed by atoms with Crippen LogP contribution >= 0.6 is 7.60 Å². The summed E-state index contributed by atoms with van der Waals surface area (Å²) in [5, 5.41) is 0. The van der Waals surface area contributed by atoms with Crippen molar-refractivity contribution in [3.63, 3.8) is 0 Å². The third-order valence-corrected chi connectivity index (χ3v) is 6.57. The van der Waals surface area contributed by atoms with Gasteiger partial charge in [0.1, 0.15) is 0 Å². The monoisotopic (exact) mass is 408 g/mol. The van der Waals surface area contributed by atoms with Crippen molar-refractivity contribution in [2.75, 3.05) is 0 Å². The zero-order chi connectivity index (χ0) is 20.0. The average molecular weight is 408 g/mol. The molecule has 152 valence electrons. The molecule has 0 aromatic rings. The SMILES string of the molecule is C=CCC(OP(=O)(OC(CC=C)C(F)(F)F)C1CCCCC1)C(F)(F)F. The Bertz CT molecular complexity index is 477. The van der Waals surface area contributed by atoms with Crippen molar-refractivity contribution in [3.05, 3.63) is 25.3 Å². The Morgan fingerprint density at radius 2 is 1.27 bits per heavy atom. The van der Waals surface area contributed by atoms with Crippen LogP contribution in [-0.2, 0) is 13.6 Å². The lowest BCUT2D eigenvalue weighted by molar-refractivity contribution is -0.209. The molecule has 2 atom stereocenters. The normalized spacial score (nSPS) is 21.6. The van der Waals surface area contributed by atoms with Gasteiger partial charge >= 0.3 is 19.9 Å². The van der Waals surface area contributed by atoms with E-state index in [0.717, 1.165) is 18.6 Å². The maximum Gasteiger partial charge on any atom is 0.415 e. The van der Waals surface area contributed by atoms with Crippen LogP contribution in [0.3, 0.4) is 0 Å². The van der Waals surface area contributed by atoms with Crippen LogP contribution in [0.2, 0.25) is 0 Å². The van der Waals surface area contributed by atoms with Gasteiger partial charge in [-0.25, -0.2) is 0 Å². The molecule has 0 N–H and O–H groups in total. The van der Waals surface area contributed by atoms with E-state index in [9.17, 15) is 30.9 Å². The minimum absolute atomic E-state index is 0.189. The lowest BCUT2D eigenvalue weighted by atomic mass is 10.0. The minimum atomic E-state index is -4.91. The van der Waals surface area contributed by atoms with Gasteiger partial charge in [0.05, 0.1) is 5.66 Å². The maximum absolute atomic E-state index is 13.1. The fourth-order valence-electron chi connectivity index (χ4n) is 2.72. The Hall–Kier alpha value is -0.790. The van der Waals surface area contributed by atoms with Crippen molar-refractivity contribution in [2.45, 2.75) is 75.2 Å². The number of rotatable bonds is 9. The molecule has 26 heavy (non-hydrogen) atoms. The standard InChI is InChI=1S/C16H23F6O3P/c1-3-8-13(15(17,18)19)24-26(23,12-10-6-5-7-11-12)25-14(9-4-2)16(20,21)22/h3-4,12-14H,1-2,5-11H2. The summed E-state index contributed by atoms with van der Waals surface area (Å²) >= 11 is 0. The third-order valence-electron chi connectivity index (χ3n) is 4.06. The lowest BCUT2D eigenvalue weighted by Crippen LogP contribution is -2.36. The van der Waals surface area contributed by atoms with Crippen molar-refractivity contribution in [1.29, 1.82) is 0 Å². The van der Waals surface area contributed by atoms with E-state index >= 15 is 0 Å². The quantitative estimate of drug-likeness (QED) is 0.246. The van der Waals surface area contributed by atoms with E-state index in [-0.39, 0.29) is 12.8 Å². The number of hydrogen-bond acceptors (Lipinski definition) is 3. The second kappa shape index (κ2) is 9.42. The van der Waals surface area contributed by atoms with Crippen molar-refractivity contribution in [3.8, 4) is 0 Å². The predicted octanol–water partition coefficient (Wildman–Crippen LogP) is 6.56. The van der Waals surface area contributed by atoms with Gasteiger partial charge in [-0.2, -0.15) is 26.3 Å². The third kappa shape index (κ3) is 6.74. The van der Waals surface area contributed by atoms with Crippen molar-refractivity contribution < 1.29 is 40.0 Å². The van der Waals surface area contributed by atoms with E-state index in [1.54, 1.807) is 0 Å². The molecule has 2 unspecified atom stereocenters. The summed E-state index contributed by atoms with van der Waals surface area (Å²) in [5.41, 5.74) is -0.999. The van der Waals surface area contributed by atoms with E-state index in [1.165, 1.54) is 0 Å². The van der Waals surface area contributed by atoms with Gasteiger partial charge < -0.3 is 0 Å². The van der Waals surface area contributed by atoms with E-state index in [0.29, 0.717) is 12.8 Å². The first-order valence-corrected chi connectivity index (χ1v) is 9.87. The summed E-state index contributed by atoms with van der Waals surface area (Å²) in [5.74, 6) is 0. The summed E-state index contributed by atoms with van der Waals surface area (Å²) in [6.07, 6.45) is -12.3. The molecular weight excluding hydrogens is 385 g/mol. The predicted molar refractivity (Wildman–Crippen MR) is 86.0 cm³/mol. The summed E-state index contributed by atoms with van der Waals surface area (Å²) in [7, 11) is -4.69. The molecule has 0 amide bonds. The molecule has 1 fully saturated rings. The number of alkyl halides is 6. The van der Waals surface area contributed by atoms with Gasteiger partial charge in [-0.3, -0.25) is 13.6 Å². The fourth-order valence-corrected chi connectivity index (χ4v) is 5.24. The van der Waals surface area contributed by atoms with Crippen molar-refractivity contribution in [1.82, 2.24) is 0 Å². The molecule has 0 radical (unpaired) electrons. The zero-order valence-electron chi connectivity index (χ0n) is 14.2. The van der Waals surface area contributed by atoms with Crippen LogP contribution in [0.1, 0.15) is 44.9 Å².